The van der Waals surface area contributed by atoms with Gasteiger partial charge in [0, 0.05) is 12.6 Å². The molecule has 0 aliphatic carbocycles. The Morgan fingerprint density at radius 1 is 1.35 bits per heavy atom. The highest BCUT2D eigenvalue weighted by atomic mass is 16.5. The lowest BCUT2D eigenvalue weighted by atomic mass is 10.0. The van der Waals surface area contributed by atoms with Crippen molar-refractivity contribution in [1.82, 2.24) is 14.9 Å². The van der Waals surface area contributed by atoms with Gasteiger partial charge in [-0.25, -0.2) is 9.97 Å². The van der Waals surface area contributed by atoms with Gasteiger partial charge in [-0.3, -0.25) is 0 Å². The monoisotopic (exact) mass is 278 g/mol. The summed E-state index contributed by atoms with van der Waals surface area (Å²) in [6.07, 6.45) is 6.26. The minimum absolute atomic E-state index is 0.506. The molecule has 2 rings (SSSR count). The van der Waals surface area contributed by atoms with E-state index < -0.39 is 0 Å². The zero-order chi connectivity index (χ0) is 14.4. The number of rotatable bonds is 6. The first kappa shape index (κ1) is 15.0. The average molecular weight is 278 g/mol. The van der Waals surface area contributed by atoms with Crippen LogP contribution in [0, 0.1) is 0 Å². The molecule has 0 spiro atoms. The maximum atomic E-state index is 5.99. The highest BCUT2D eigenvalue weighted by molar-refractivity contribution is 5.48. The Hall–Kier alpha value is -1.36. The second kappa shape index (κ2) is 7.43. The van der Waals surface area contributed by atoms with Crippen molar-refractivity contribution in [3.05, 3.63) is 11.9 Å². The lowest BCUT2D eigenvalue weighted by Crippen LogP contribution is -2.40. The molecule has 0 aromatic carbocycles. The number of aromatic nitrogens is 2. The van der Waals surface area contributed by atoms with Gasteiger partial charge in [0.2, 0.25) is 5.88 Å². The zero-order valence-electron chi connectivity index (χ0n) is 12.9. The molecule has 1 N–H and O–H groups in total. The summed E-state index contributed by atoms with van der Waals surface area (Å²) in [6.45, 7) is 6.92. The zero-order valence-corrected chi connectivity index (χ0v) is 12.9. The molecule has 20 heavy (non-hydrogen) atoms. The van der Waals surface area contributed by atoms with Gasteiger partial charge in [-0.1, -0.05) is 13.3 Å². The summed E-state index contributed by atoms with van der Waals surface area (Å²) >= 11 is 0. The Morgan fingerprint density at radius 2 is 2.20 bits per heavy atom. The van der Waals surface area contributed by atoms with E-state index in [9.17, 15) is 0 Å². The summed E-state index contributed by atoms with van der Waals surface area (Å²) in [7, 11) is 2.18. The maximum absolute atomic E-state index is 5.99. The molecule has 1 saturated heterocycles. The molecule has 2 heterocycles. The third kappa shape index (κ3) is 3.60. The van der Waals surface area contributed by atoms with Crippen LogP contribution in [0.2, 0.25) is 0 Å². The first-order valence-corrected chi connectivity index (χ1v) is 7.67. The fraction of sp³-hybridized carbons (Fsp3) is 0.733. The lowest BCUT2D eigenvalue weighted by molar-refractivity contribution is 0.122. The van der Waals surface area contributed by atoms with Crippen molar-refractivity contribution in [2.45, 2.75) is 45.6 Å². The number of piperidine rings is 1. The number of nitrogens with zero attached hydrogens (tertiary/aromatic N) is 3. The van der Waals surface area contributed by atoms with Crippen LogP contribution in [0.5, 0.6) is 5.88 Å². The van der Waals surface area contributed by atoms with E-state index in [-0.39, 0.29) is 0 Å². The molecule has 1 unspecified atom stereocenters. The number of hydrogen-bond acceptors (Lipinski definition) is 5. The summed E-state index contributed by atoms with van der Waals surface area (Å²) in [5.41, 5.74) is 1.08. The Morgan fingerprint density at radius 3 is 2.90 bits per heavy atom. The number of anilines is 1. The highest BCUT2D eigenvalue weighted by Gasteiger charge is 2.20. The predicted molar refractivity (Wildman–Crippen MR) is 81.3 cm³/mol. The Kier molecular flexibility index (Phi) is 5.59. The van der Waals surface area contributed by atoms with Crippen molar-refractivity contribution in [3.8, 4) is 5.88 Å². The minimum atomic E-state index is 0.506. The number of ether oxygens (including phenoxy) is 1. The van der Waals surface area contributed by atoms with Gasteiger partial charge in [0.25, 0.3) is 0 Å². The normalized spacial score (nSPS) is 19.9. The Balaban J connectivity index is 2.03. The fourth-order valence-corrected chi connectivity index (χ4v) is 2.69. The van der Waals surface area contributed by atoms with E-state index in [4.69, 9.17) is 4.74 Å². The molecule has 0 bridgehead atoms. The van der Waals surface area contributed by atoms with Gasteiger partial charge < -0.3 is 15.0 Å². The third-order valence-electron chi connectivity index (χ3n) is 3.94. The summed E-state index contributed by atoms with van der Waals surface area (Å²) in [6, 6.07) is 0.506. The van der Waals surface area contributed by atoms with Gasteiger partial charge in [-0.2, -0.15) is 0 Å². The van der Waals surface area contributed by atoms with E-state index in [2.05, 4.69) is 41.1 Å². The van der Waals surface area contributed by atoms with Crippen LogP contribution in [0.1, 0.15) is 38.7 Å². The molecule has 0 saturated carbocycles. The fourth-order valence-electron chi connectivity index (χ4n) is 2.69. The molecule has 1 aliphatic rings. The van der Waals surface area contributed by atoms with Crippen molar-refractivity contribution in [2.75, 3.05) is 32.1 Å². The maximum Gasteiger partial charge on any atom is 0.221 e. The van der Waals surface area contributed by atoms with Crippen LogP contribution in [0.4, 0.5) is 5.82 Å². The third-order valence-corrected chi connectivity index (χ3v) is 3.94. The summed E-state index contributed by atoms with van der Waals surface area (Å²) in [5, 5.41) is 3.27. The van der Waals surface area contributed by atoms with Crippen LogP contribution in [-0.4, -0.2) is 47.7 Å². The quantitative estimate of drug-likeness (QED) is 0.865. The van der Waals surface area contributed by atoms with Crippen LogP contribution >= 0.6 is 0 Å². The minimum Gasteiger partial charge on any atom is -0.476 e. The summed E-state index contributed by atoms with van der Waals surface area (Å²) < 4.78 is 5.99. The molecule has 1 fully saturated rings. The van der Waals surface area contributed by atoms with Crippen molar-refractivity contribution in [3.63, 3.8) is 0 Å². The van der Waals surface area contributed by atoms with Crippen molar-refractivity contribution >= 4 is 5.82 Å². The van der Waals surface area contributed by atoms with Crippen molar-refractivity contribution in [2.24, 2.45) is 0 Å². The predicted octanol–water partition coefficient (Wildman–Crippen LogP) is 2.33. The van der Waals surface area contributed by atoms with Crippen LogP contribution in [0.15, 0.2) is 6.33 Å². The van der Waals surface area contributed by atoms with E-state index in [1.54, 1.807) is 6.33 Å². The van der Waals surface area contributed by atoms with Gasteiger partial charge in [0.1, 0.15) is 18.8 Å². The Labute approximate surface area is 121 Å². The SMILES string of the molecule is CCNc1ncnc(OCC2CCCCN2C)c1CC. The number of likely N-dealkylation sites (tertiary alicyclic amines) is 1. The summed E-state index contributed by atoms with van der Waals surface area (Å²) in [5.74, 6) is 1.63. The van der Waals surface area contributed by atoms with Crippen LogP contribution in [0.3, 0.4) is 0 Å². The molecule has 112 valence electrons. The molecule has 1 atom stereocenters. The summed E-state index contributed by atoms with van der Waals surface area (Å²) in [4.78, 5) is 11.0. The van der Waals surface area contributed by atoms with Crippen molar-refractivity contribution in [1.29, 1.82) is 0 Å². The molecule has 0 radical (unpaired) electrons. The molecule has 5 heteroatoms. The standard InChI is InChI=1S/C15H26N4O/c1-4-13-14(16-5-2)17-11-18-15(13)20-10-12-8-6-7-9-19(12)3/h11-12H,4-10H2,1-3H3,(H,16,17,18). The second-order valence-electron chi connectivity index (χ2n) is 5.33. The molecular weight excluding hydrogens is 252 g/mol. The molecule has 0 amide bonds. The van der Waals surface area contributed by atoms with Gasteiger partial charge in [0.05, 0.1) is 5.56 Å². The van der Waals surface area contributed by atoms with Crippen LogP contribution in [0.25, 0.3) is 0 Å². The first-order chi connectivity index (χ1) is 9.76. The van der Waals surface area contributed by atoms with E-state index in [1.165, 1.54) is 25.8 Å². The van der Waals surface area contributed by atoms with Crippen LogP contribution < -0.4 is 10.1 Å². The van der Waals surface area contributed by atoms with Gasteiger partial charge in [-0.15, -0.1) is 0 Å². The van der Waals surface area contributed by atoms with Crippen molar-refractivity contribution < 1.29 is 4.74 Å². The van der Waals surface area contributed by atoms with Gasteiger partial charge in [-0.05, 0) is 39.8 Å². The van der Waals surface area contributed by atoms with Gasteiger partial charge in [0.15, 0.2) is 0 Å². The Bertz CT molecular complexity index is 424. The van der Waals surface area contributed by atoms with Gasteiger partial charge >= 0.3 is 0 Å². The number of hydrogen-bond donors (Lipinski definition) is 1. The number of likely N-dealkylation sites (N-methyl/N-ethyl adjacent to an activating group) is 1. The first-order valence-electron chi connectivity index (χ1n) is 7.67. The van der Waals surface area contributed by atoms with E-state index >= 15 is 0 Å². The van der Waals surface area contributed by atoms with E-state index in [0.717, 1.165) is 30.2 Å². The molecule has 1 aromatic rings. The lowest BCUT2D eigenvalue weighted by Gasteiger charge is -2.32. The van der Waals surface area contributed by atoms with Crippen LogP contribution in [-0.2, 0) is 6.42 Å². The molecule has 5 nitrogen and oxygen atoms in total. The van der Waals surface area contributed by atoms with E-state index in [1.807, 2.05) is 0 Å². The smallest absolute Gasteiger partial charge is 0.221 e. The second-order valence-corrected chi connectivity index (χ2v) is 5.33. The largest absolute Gasteiger partial charge is 0.476 e. The highest BCUT2D eigenvalue weighted by Crippen LogP contribution is 2.23. The molecular formula is C15H26N4O. The number of nitrogens with one attached hydrogen (secondary N) is 1. The van der Waals surface area contributed by atoms with E-state index in [0.29, 0.717) is 12.6 Å². The topological polar surface area (TPSA) is 50.3 Å². The molecule has 1 aromatic heterocycles. The molecule has 1 aliphatic heterocycles. The average Bonchev–Trinajstić information content (AvgIpc) is 2.47.